The average molecular weight is 1120 g/mol. The number of aromatic nitrogens is 2. The predicted octanol–water partition coefficient (Wildman–Crippen LogP) is 2.57. The standard InChI is InChI=1S/C55H57FN8O13S.C2H6/c1-29-33-14-15-55(2,48-35-25-63-40(49(35)62-38(47(33)48)20-37(29)56)19-34-36(52(63)72)26-77-54(74)50(34)70)27-75-16-17-76-28-60-44(67)23-59-51(71)39(18-31-6-4-3-5-7-31)61-45(68)24-58-43(66)22-57-42(65)13-10-30-8-11-32(12-9-30)64-46(69)21-41(78)53(64)73;1-2/h3-9,11-12,19-20,39,41,50,70,78H,10,13-18,21-28H2,1-2H3,(H,57,65)(H,58,66)(H,59,71)(H,60,67)(H,61,68);1-2H3/t39?,41?,50?,55-;/m0./s1. The molecule has 422 valence electrons. The van der Waals surface area contributed by atoms with E-state index in [0.29, 0.717) is 53.0 Å². The summed E-state index contributed by atoms with van der Waals surface area (Å²) in [7, 11) is 0. The highest BCUT2D eigenvalue weighted by molar-refractivity contribution is 7.82. The molecule has 3 aromatic carbocycles. The van der Waals surface area contributed by atoms with E-state index in [4.69, 9.17) is 19.2 Å². The molecule has 0 radical (unpaired) electrons. The summed E-state index contributed by atoms with van der Waals surface area (Å²) in [6.07, 6.45) is -0.0417. The number of nitrogens with zero attached hydrogens (tertiary/aromatic N) is 3. The van der Waals surface area contributed by atoms with Gasteiger partial charge in [-0.3, -0.25) is 38.4 Å². The molecule has 1 saturated heterocycles. The number of imide groups is 1. The Balaban J connectivity index is 0.00000416. The van der Waals surface area contributed by atoms with E-state index in [1.807, 2.05) is 20.8 Å². The van der Waals surface area contributed by atoms with Crippen LogP contribution in [0.2, 0.25) is 0 Å². The number of benzene rings is 3. The number of anilines is 1. The van der Waals surface area contributed by atoms with E-state index >= 15 is 4.39 Å². The highest BCUT2D eigenvalue weighted by atomic mass is 32.1. The third-order valence-corrected chi connectivity index (χ3v) is 14.9. The van der Waals surface area contributed by atoms with Crippen LogP contribution in [0.3, 0.4) is 0 Å². The zero-order valence-electron chi connectivity index (χ0n) is 44.7. The van der Waals surface area contributed by atoms with Gasteiger partial charge in [0.1, 0.15) is 25.2 Å². The van der Waals surface area contributed by atoms with Crippen molar-refractivity contribution < 1.29 is 62.1 Å². The number of fused-ring (bicyclic) bond motifs is 5. The number of aliphatic hydroxyl groups is 1. The van der Waals surface area contributed by atoms with Crippen LogP contribution < -0.4 is 37.0 Å². The highest BCUT2D eigenvalue weighted by Crippen LogP contribution is 2.48. The van der Waals surface area contributed by atoms with E-state index in [2.05, 4.69) is 39.2 Å². The van der Waals surface area contributed by atoms with Crippen LogP contribution >= 0.6 is 12.6 Å². The summed E-state index contributed by atoms with van der Waals surface area (Å²) in [6.45, 7) is 6.54. The van der Waals surface area contributed by atoms with Gasteiger partial charge >= 0.3 is 5.97 Å². The van der Waals surface area contributed by atoms with E-state index in [0.717, 1.165) is 32.5 Å². The lowest BCUT2D eigenvalue weighted by Crippen LogP contribution is -2.52. The van der Waals surface area contributed by atoms with Crippen molar-refractivity contribution in [3.05, 3.63) is 127 Å². The topological polar surface area (TPSA) is 283 Å². The monoisotopic (exact) mass is 1120 g/mol. The van der Waals surface area contributed by atoms with Gasteiger partial charge < -0.3 is 50.5 Å². The molecule has 0 saturated carbocycles. The fraction of sp³-hybridized carbons (Fsp3) is 0.404. The van der Waals surface area contributed by atoms with Gasteiger partial charge in [-0.1, -0.05) is 63.2 Å². The first-order valence-corrected chi connectivity index (χ1v) is 26.9. The number of aryl methyl sites for hydroxylation is 2. The first-order chi connectivity index (χ1) is 38.4. The number of amides is 7. The van der Waals surface area contributed by atoms with Crippen LogP contribution in [-0.4, -0.2) is 119 Å². The van der Waals surface area contributed by atoms with Gasteiger partial charge in [0.25, 0.3) is 5.56 Å². The zero-order valence-corrected chi connectivity index (χ0v) is 45.6. The fourth-order valence-electron chi connectivity index (χ4n) is 10.3. The first-order valence-electron chi connectivity index (χ1n) is 26.4. The predicted molar refractivity (Wildman–Crippen MR) is 293 cm³/mol. The number of ether oxygens (including phenoxy) is 3. The Morgan fingerprint density at radius 2 is 1.55 bits per heavy atom. The van der Waals surface area contributed by atoms with Gasteiger partial charge in [-0.25, -0.2) is 19.1 Å². The smallest absolute Gasteiger partial charge is 0.340 e. The van der Waals surface area contributed by atoms with Crippen molar-refractivity contribution in [1.82, 2.24) is 36.1 Å². The van der Waals surface area contributed by atoms with Crippen LogP contribution in [0, 0.1) is 12.7 Å². The number of aliphatic hydroxyl groups excluding tert-OH is 1. The van der Waals surface area contributed by atoms with Crippen molar-refractivity contribution in [3.63, 3.8) is 0 Å². The van der Waals surface area contributed by atoms with Gasteiger partial charge in [0, 0.05) is 47.3 Å². The molecule has 3 unspecified atom stereocenters. The zero-order chi connectivity index (χ0) is 57.4. The van der Waals surface area contributed by atoms with E-state index in [-0.39, 0.29) is 76.0 Å². The molecule has 0 bridgehead atoms. The second kappa shape index (κ2) is 25.5. The minimum atomic E-state index is -1.62. The molecule has 1 fully saturated rings. The Morgan fingerprint density at radius 1 is 0.863 bits per heavy atom. The molecule has 1 aliphatic carbocycles. The number of esters is 1. The number of halogens is 1. The SMILES string of the molecule is CC.Cc1c(F)cc2nc3c(c4c2c1CC[C@@]4(C)COCCOCNC(=O)CNC(=O)C(Cc1ccccc1)NC(=O)CNC(=O)CNC(=O)CCc1ccc(N2C(=O)CC(S)C2=O)cc1)Cn1c-3cc2c(c1=O)COC(=O)C2O. The van der Waals surface area contributed by atoms with Gasteiger partial charge in [-0.05, 0) is 72.2 Å². The summed E-state index contributed by atoms with van der Waals surface area (Å²) < 4.78 is 33.8. The van der Waals surface area contributed by atoms with Crippen molar-refractivity contribution in [2.24, 2.45) is 0 Å². The number of cyclic esters (lactones) is 1. The molecule has 6 N–H and O–H groups in total. The molecule has 3 aliphatic heterocycles. The Bertz CT molecular complexity index is 3320. The second-order valence-electron chi connectivity index (χ2n) is 19.8. The third-order valence-electron chi connectivity index (χ3n) is 14.5. The van der Waals surface area contributed by atoms with Gasteiger partial charge in [-0.2, -0.15) is 12.6 Å². The molecule has 9 rings (SSSR count). The number of hydrogen-bond acceptors (Lipinski definition) is 15. The van der Waals surface area contributed by atoms with Crippen molar-refractivity contribution in [2.45, 2.75) is 102 Å². The van der Waals surface area contributed by atoms with Crippen LogP contribution in [0.25, 0.3) is 22.3 Å². The molecule has 4 aliphatic rings. The van der Waals surface area contributed by atoms with Crippen molar-refractivity contribution in [3.8, 4) is 11.4 Å². The number of carbonyl (C=O) groups excluding carboxylic acids is 8. The lowest BCUT2D eigenvalue weighted by molar-refractivity contribution is -0.157. The lowest BCUT2D eigenvalue weighted by atomic mass is 9.69. The van der Waals surface area contributed by atoms with Crippen molar-refractivity contribution >= 4 is 76.5 Å². The molecular weight excluding hydrogens is 1060 g/mol. The first kappa shape index (κ1) is 58.3. The molecule has 0 spiro atoms. The minimum absolute atomic E-state index is 0.0228. The van der Waals surface area contributed by atoms with E-state index in [1.54, 1.807) is 72.2 Å². The summed E-state index contributed by atoms with van der Waals surface area (Å²) in [5, 5.41) is 23.4. The Kier molecular flexibility index (Phi) is 18.6. The number of hydrogen-bond donors (Lipinski definition) is 7. The average Bonchev–Trinajstić information content (AvgIpc) is 3.99. The van der Waals surface area contributed by atoms with Crippen molar-refractivity contribution in [2.75, 3.05) is 51.1 Å². The van der Waals surface area contributed by atoms with Gasteiger partial charge in [0.15, 0.2) is 6.10 Å². The Morgan fingerprint density at radius 3 is 2.27 bits per heavy atom. The summed E-state index contributed by atoms with van der Waals surface area (Å²) in [5.74, 6) is -4.99. The molecule has 5 heterocycles. The normalized spacial score (nSPS) is 18.0. The van der Waals surface area contributed by atoms with Crippen LogP contribution in [0.15, 0.2) is 71.5 Å². The molecule has 23 heteroatoms. The van der Waals surface area contributed by atoms with Crippen LogP contribution in [0.4, 0.5) is 10.1 Å². The van der Waals surface area contributed by atoms with Crippen LogP contribution in [-0.2, 0) is 90.4 Å². The highest BCUT2D eigenvalue weighted by Gasteiger charge is 2.42. The number of thiol groups is 1. The summed E-state index contributed by atoms with van der Waals surface area (Å²) in [6, 6.07) is 17.3. The second-order valence-corrected chi connectivity index (χ2v) is 20.5. The van der Waals surface area contributed by atoms with Crippen LogP contribution in [0.5, 0.6) is 0 Å². The summed E-state index contributed by atoms with van der Waals surface area (Å²) in [4.78, 5) is 121. The minimum Gasteiger partial charge on any atom is -0.458 e. The molecule has 80 heavy (non-hydrogen) atoms. The molecule has 5 aromatic rings. The molecule has 7 amide bonds. The molecule has 2 aromatic heterocycles. The Labute approximate surface area is 465 Å². The maximum Gasteiger partial charge on any atom is 0.340 e. The fourth-order valence-corrected chi connectivity index (χ4v) is 10.6. The maximum atomic E-state index is 15.4. The molecular formula is C57H63FN8O13S. The van der Waals surface area contributed by atoms with Gasteiger partial charge in [0.05, 0.1) is 79.4 Å². The van der Waals surface area contributed by atoms with E-state index in [9.17, 15) is 48.3 Å². The maximum absolute atomic E-state index is 15.4. The summed E-state index contributed by atoms with van der Waals surface area (Å²) in [5.41, 5.74) is 5.51. The number of pyridine rings is 2. The number of carbonyl (C=O) groups is 8. The van der Waals surface area contributed by atoms with Gasteiger partial charge in [-0.15, -0.1) is 0 Å². The molecule has 4 atom stereocenters. The molecule has 21 nitrogen and oxygen atoms in total. The van der Waals surface area contributed by atoms with Crippen molar-refractivity contribution in [1.29, 1.82) is 0 Å². The van der Waals surface area contributed by atoms with E-state index < -0.39 is 95.2 Å². The largest absolute Gasteiger partial charge is 0.458 e. The lowest BCUT2D eigenvalue weighted by Gasteiger charge is -2.37. The summed E-state index contributed by atoms with van der Waals surface area (Å²) >= 11 is 4.14. The quantitative estimate of drug-likeness (QED) is 0.0180. The van der Waals surface area contributed by atoms with E-state index in [1.165, 1.54) is 6.07 Å². The third kappa shape index (κ3) is 12.8. The number of rotatable bonds is 21. The van der Waals surface area contributed by atoms with Crippen LogP contribution in [0.1, 0.15) is 90.6 Å². The van der Waals surface area contributed by atoms with Gasteiger partial charge in [0.2, 0.25) is 41.4 Å². The Hall–Kier alpha value is -7.86. The number of nitrogens with one attached hydrogen (secondary N) is 5.